The second kappa shape index (κ2) is 8.75. The molecule has 0 atom stereocenters. The van der Waals surface area contributed by atoms with Crippen LogP contribution in [-0.4, -0.2) is 16.8 Å². The Hall–Kier alpha value is -2.77. The second-order valence-electron chi connectivity index (χ2n) is 5.86. The molecule has 0 bridgehead atoms. The fourth-order valence-electron chi connectivity index (χ4n) is 2.60. The van der Waals surface area contributed by atoms with Crippen LogP contribution >= 0.6 is 15.9 Å². The molecule has 0 unspecified atom stereocenters. The van der Waals surface area contributed by atoms with Crippen LogP contribution in [0.1, 0.15) is 16.7 Å². The van der Waals surface area contributed by atoms with E-state index in [-0.39, 0.29) is 22.5 Å². The molecule has 138 valence electrons. The Labute approximate surface area is 163 Å². The Morgan fingerprint density at radius 1 is 1.15 bits per heavy atom. The lowest BCUT2D eigenvalue weighted by Crippen LogP contribution is -2.21. The van der Waals surface area contributed by atoms with Gasteiger partial charge in [0.25, 0.3) is 0 Å². The van der Waals surface area contributed by atoms with E-state index in [1.54, 1.807) is 0 Å². The molecule has 0 aliphatic rings. The molecule has 0 saturated heterocycles. The van der Waals surface area contributed by atoms with E-state index < -0.39 is 5.82 Å². The van der Waals surface area contributed by atoms with Crippen molar-refractivity contribution < 1.29 is 18.8 Å². The van der Waals surface area contributed by atoms with E-state index in [0.717, 1.165) is 5.56 Å². The first kappa shape index (κ1) is 19.0. The minimum atomic E-state index is -0.414. The third-order valence-corrected chi connectivity index (χ3v) is 4.49. The summed E-state index contributed by atoms with van der Waals surface area (Å²) < 4.78 is 18.8. The van der Waals surface area contributed by atoms with Gasteiger partial charge in [-0.25, -0.2) is 9.38 Å². The molecule has 3 rings (SSSR count). The van der Waals surface area contributed by atoms with Crippen molar-refractivity contribution in [3.63, 3.8) is 0 Å². The largest absolute Gasteiger partial charge is 0.472 e. The molecule has 7 heteroatoms. The Kier molecular flexibility index (Phi) is 6.16. The molecule has 2 N–H and O–H groups in total. The van der Waals surface area contributed by atoms with Crippen molar-refractivity contribution in [3.8, 4) is 0 Å². The van der Waals surface area contributed by atoms with Crippen molar-refractivity contribution in [1.29, 1.82) is 0 Å². The van der Waals surface area contributed by atoms with Crippen molar-refractivity contribution in [1.82, 2.24) is 5.48 Å². The summed E-state index contributed by atoms with van der Waals surface area (Å²) in [6.45, 7) is 0. The summed E-state index contributed by atoms with van der Waals surface area (Å²) in [5.41, 5.74) is 4.42. The first-order chi connectivity index (χ1) is 13.1. The summed E-state index contributed by atoms with van der Waals surface area (Å²) >= 11 is 3.10. The number of amidine groups is 1. The SMILES string of the molecule is O=C(Cc1ccccc1)Cc1cocc1C(=Nc1ccc(F)c(Br)c1)NO. The van der Waals surface area contributed by atoms with Crippen LogP contribution < -0.4 is 5.48 Å². The van der Waals surface area contributed by atoms with Gasteiger partial charge in [-0.15, -0.1) is 0 Å². The first-order valence-corrected chi connectivity index (χ1v) is 8.91. The predicted molar refractivity (Wildman–Crippen MR) is 103 cm³/mol. The Bertz CT molecular complexity index is 970. The smallest absolute Gasteiger partial charge is 0.160 e. The lowest BCUT2D eigenvalue weighted by molar-refractivity contribution is -0.117. The van der Waals surface area contributed by atoms with E-state index in [1.165, 1.54) is 30.7 Å². The van der Waals surface area contributed by atoms with E-state index >= 15 is 0 Å². The highest BCUT2D eigenvalue weighted by Gasteiger charge is 2.16. The average molecular weight is 431 g/mol. The zero-order valence-electron chi connectivity index (χ0n) is 14.2. The van der Waals surface area contributed by atoms with Crippen LogP contribution in [0.2, 0.25) is 0 Å². The molecule has 0 aliphatic heterocycles. The summed E-state index contributed by atoms with van der Waals surface area (Å²) in [4.78, 5) is 16.6. The summed E-state index contributed by atoms with van der Waals surface area (Å²) in [6, 6.07) is 13.7. The normalized spacial score (nSPS) is 11.4. The number of ketones is 1. The number of benzene rings is 2. The van der Waals surface area contributed by atoms with Gasteiger partial charge < -0.3 is 4.42 Å². The molecular formula is C20H16BrFN2O3. The molecule has 0 aliphatic carbocycles. The van der Waals surface area contributed by atoms with Crippen molar-refractivity contribution in [2.24, 2.45) is 4.99 Å². The van der Waals surface area contributed by atoms with Crippen LogP contribution in [0.4, 0.5) is 10.1 Å². The lowest BCUT2D eigenvalue weighted by atomic mass is 10.0. The molecule has 0 amide bonds. The maximum Gasteiger partial charge on any atom is 0.160 e. The highest BCUT2D eigenvalue weighted by Crippen LogP contribution is 2.23. The quantitative estimate of drug-likeness (QED) is 0.340. The van der Waals surface area contributed by atoms with Crippen molar-refractivity contribution in [2.45, 2.75) is 12.8 Å². The topological polar surface area (TPSA) is 74.8 Å². The van der Waals surface area contributed by atoms with Gasteiger partial charge in [0, 0.05) is 18.4 Å². The van der Waals surface area contributed by atoms with E-state index in [9.17, 15) is 14.4 Å². The number of hydrogen-bond donors (Lipinski definition) is 2. The monoisotopic (exact) mass is 430 g/mol. The van der Waals surface area contributed by atoms with Crippen molar-refractivity contribution in [3.05, 3.63) is 88.0 Å². The lowest BCUT2D eigenvalue weighted by Gasteiger charge is -2.06. The number of nitrogens with one attached hydrogen (secondary N) is 1. The fourth-order valence-corrected chi connectivity index (χ4v) is 2.96. The van der Waals surface area contributed by atoms with Crippen LogP contribution in [0.15, 0.2) is 74.9 Å². The molecule has 2 aromatic carbocycles. The molecule has 1 heterocycles. The standard InChI is InChI=1S/C20H16BrFN2O3/c21-18-10-15(6-7-19(18)22)23-20(24-26)17-12-27-11-14(17)9-16(25)8-13-4-2-1-3-5-13/h1-7,10-12,26H,8-9H2,(H,23,24). The average Bonchev–Trinajstić information content (AvgIpc) is 3.11. The Balaban J connectivity index is 1.80. The van der Waals surface area contributed by atoms with Gasteiger partial charge in [-0.2, -0.15) is 0 Å². The molecule has 3 aromatic rings. The summed E-state index contributed by atoms with van der Waals surface area (Å²) in [7, 11) is 0. The van der Waals surface area contributed by atoms with Crippen LogP contribution in [0.3, 0.4) is 0 Å². The van der Waals surface area contributed by atoms with E-state index in [0.29, 0.717) is 23.2 Å². The van der Waals surface area contributed by atoms with Gasteiger partial charge in [0.05, 0.1) is 22.0 Å². The highest BCUT2D eigenvalue weighted by atomic mass is 79.9. The number of halogens is 2. The number of nitrogens with zero attached hydrogens (tertiary/aromatic N) is 1. The molecule has 0 fully saturated rings. The van der Waals surface area contributed by atoms with Crippen LogP contribution in [0.5, 0.6) is 0 Å². The van der Waals surface area contributed by atoms with E-state index in [1.807, 2.05) is 35.8 Å². The number of carbonyl (C=O) groups is 1. The summed E-state index contributed by atoms with van der Waals surface area (Å²) in [6.07, 6.45) is 3.28. The van der Waals surface area contributed by atoms with Gasteiger partial charge >= 0.3 is 0 Å². The first-order valence-electron chi connectivity index (χ1n) is 8.11. The van der Waals surface area contributed by atoms with Crippen molar-refractivity contribution in [2.75, 3.05) is 0 Å². The number of furan rings is 1. The second-order valence-corrected chi connectivity index (χ2v) is 6.71. The molecular weight excluding hydrogens is 415 g/mol. The minimum absolute atomic E-state index is 0.00525. The molecule has 0 spiro atoms. The van der Waals surface area contributed by atoms with Gasteiger partial charge in [0.15, 0.2) is 5.84 Å². The molecule has 27 heavy (non-hydrogen) atoms. The fraction of sp³-hybridized carbons (Fsp3) is 0.100. The number of hydroxylamine groups is 1. The third kappa shape index (κ3) is 4.90. The Morgan fingerprint density at radius 3 is 2.63 bits per heavy atom. The minimum Gasteiger partial charge on any atom is -0.472 e. The van der Waals surface area contributed by atoms with Gasteiger partial charge in [-0.3, -0.25) is 15.5 Å². The molecule has 0 radical (unpaired) electrons. The molecule has 5 nitrogen and oxygen atoms in total. The van der Waals surface area contributed by atoms with Crippen LogP contribution in [0, 0.1) is 5.82 Å². The zero-order chi connectivity index (χ0) is 19.2. The summed E-state index contributed by atoms with van der Waals surface area (Å²) in [5.74, 6) is -0.307. The number of carbonyl (C=O) groups excluding carboxylic acids is 1. The Morgan fingerprint density at radius 2 is 1.93 bits per heavy atom. The van der Waals surface area contributed by atoms with Gasteiger partial charge in [-0.1, -0.05) is 30.3 Å². The molecule has 1 aromatic heterocycles. The highest BCUT2D eigenvalue weighted by molar-refractivity contribution is 9.10. The van der Waals surface area contributed by atoms with Gasteiger partial charge in [0.2, 0.25) is 0 Å². The predicted octanol–water partition coefficient (Wildman–Crippen LogP) is 4.59. The van der Waals surface area contributed by atoms with Crippen molar-refractivity contribution >= 4 is 33.2 Å². The van der Waals surface area contributed by atoms with Gasteiger partial charge in [0.1, 0.15) is 17.9 Å². The van der Waals surface area contributed by atoms with Gasteiger partial charge in [-0.05, 0) is 39.7 Å². The zero-order valence-corrected chi connectivity index (χ0v) is 15.7. The molecule has 0 saturated carbocycles. The maximum atomic E-state index is 13.4. The number of hydrogen-bond acceptors (Lipinski definition) is 4. The maximum absolute atomic E-state index is 13.4. The number of Topliss-reactive ketones (excluding diaryl/α,β-unsaturated/α-hetero) is 1. The van der Waals surface area contributed by atoms with E-state index in [4.69, 9.17) is 4.42 Å². The summed E-state index contributed by atoms with van der Waals surface area (Å²) in [5, 5.41) is 9.48. The van der Waals surface area contributed by atoms with E-state index in [2.05, 4.69) is 20.9 Å². The number of aliphatic imine (C=N–C) groups is 1. The van der Waals surface area contributed by atoms with Crippen LogP contribution in [0.25, 0.3) is 0 Å². The third-order valence-electron chi connectivity index (χ3n) is 3.88. The number of rotatable bonds is 6. The van der Waals surface area contributed by atoms with Crippen LogP contribution in [-0.2, 0) is 17.6 Å².